The van der Waals surface area contributed by atoms with Crippen LogP contribution in [0.4, 0.5) is 5.69 Å². The van der Waals surface area contributed by atoms with Gasteiger partial charge in [-0.3, -0.25) is 4.99 Å². The highest BCUT2D eigenvalue weighted by molar-refractivity contribution is 5.84. The lowest BCUT2D eigenvalue weighted by Crippen LogP contribution is -1.94. The van der Waals surface area contributed by atoms with Gasteiger partial charge in [-0.25, -0.2) is 0 Å². The molecule has 0 spiro atoms. The van der Waals surface area contributed by atoms with Crippen molar-refractivity contribution < 1.29 is 4.74 Å². The van der Waals surface area contributed by atoms with Crippen molar-refractivity contribution in [3.8, 4) is 5.75 Å². The van der Waals surface area contributed by atoms with E-state index in [1.165, 1.54) is 5.56 Å². The van der Waals surface area contributed by atoms with Gasteiger partial charge in [0.25, 0.3) is 0 Å². The van der Waals surface area contributed by atoms with Gasteiger partial charge in [-0.1, -0.05) is 30.3 Å². The number of nitrogens with zero attached hydrogens (tertiary/aromatic N) is 1. The molecule has 2 rings (SSSR count). The van der Waals surface area contributed by atoms with Gasteiger partial charge < -0.3 is 4.74 Å². The molecule has 0 saturated heterocycles. The molecule has 0 heterocycles. The highest BCUT2D eigenvalue weighted by Gasteiger charge is 1.97. The SMILES string of the molecule is COc1ccc(N=C(C)CCc2ccccc2)cc1. The number of ether oxygens (including phenoxy) is 1. The third kappa shape index (κ3) is 4.25. The van der Waals surface area contributed by atoms with Crippen molar-refractivity contribution in [2.45, 2.75) is 19.8 Å². The lowest BCUT2D eigenvalue weighted by atomic mass is 10.1. The molecule has 0 saturated carbocycles. The van der Waals surface area contributed by atoms with Gasteiger partial charge in [-0.2, -0.15) is 0 Å². The molecule has 0 bridgehead atoms. The minimum Gasteiger partial charge on any atom is -0.497 e. The van der Waals surface area contributed by atoms with Gasteiger partial charge in [-0.15, -0.1) is 0 Å². The molecule has 0 radical (unpaired) electrons. The third-order valence-corrected chi connectivity index (χ3v) is 3.01. The standard InChI is InChI=1S/C17H19NO/c1-14(8-9-15-6-4-3-5-7-15)18-16-10-12-17(19-2)13-11-16/h3-7,10-13H,8-9H2,1-2H3. The van der Waals surface area contributed by atoms with Crippen LogP contribution in [0.3, 0.4) is 0 Å². The van der Waals surface area contributed by atoms with Crippen LogP contribution in [0.1, 0.15) is 18.9 Å². The number of aliphatic imine (C=N–C) groups is 1. The summed E-state index contributed by atoms with van der Waals surface area (Å²) in [5.41, 5.74) is 3.48. The molecule has 2 aromatic rings. The first-order valence-electron chi connectivity index (χ1n) is 6.50. The van der Waals surface area contributed by atoms with Crippen LogP contribution in [0, 0.1) is 0 Å². The van der Waals surface area contributed by atoms with E-state index in [1.807, 2.05) is 30.3 Å². The van der Waals surface area contributed by atoms with E-state index in [0.717, 1.165) is 30.0 Å². The van der Waals surface area contributed by atoms with Gasteiger partial charge in [-0.05, 0) is 49.6 Å². The van der Waals surface area contributed by atoms with Gasteiger partial charge in [0.1, 0.15) is 5.75 Å². The molecule has 0 aromatic heterocycles. The fourth-order valence-electron chi connectivity index (χ4n) is 1.90. The van der Waals surface area contributed by atoms with E-state index in [4.69, 9.17) is 4.74 Å². The van der Waals surface area contributed by atoms with E-state index < -0.39 is 0 Å². The zero-order valence-electron chi connectivity index (χ0n) is 11.5. The molecule has 2 aromatic carbocycles. The average Bonchev–Trinajstić information content (AvgIpc) is 2.47. The Morgan fingerprint density at radius 2 is 1.68 bits per heavy atom. The van der Waals surface area contributed by atoms with Gasteiger partial charge in [0.2, 0.25) is 0 Å². The number of rotatable bonds is 5. The molecule has 0 atom stereocenters. The molecule has 0 unspecified atom stereocenters. The molecule has 98 valence electrons. The summed E-state index contributed by atoms with van der Waals surface area (Å²) in [6.45, 7) is 2.08. The van der Waals surface area contributed by atoms with Gasteiger partial charge in [0.15, 0.2) is 0 Å². The quantitative estimate of drug-likeness (QED) is 0.723. The molecular weight excluding hydrogens is 234 g/mol. The summed E-state index contributed by atoms with van der Waals surface area (Å²) in [4.78, 5) is 4.61. The van der Waals surface area contributed by atoms with Crippen LogP contribution < -0.4 is 4.74 Å². The Labute approximate surface area is 114 Å². The fraction of sp³-hybridized carbons (Fsp3) is 0.235. The van der Waals surface area contributed by atoms with Crippen LogP contribution in [-0.4, -0.2) is 12.8 Å². The molecule has 0 aliphatic carbocycles. The number of hydrogen-bond acceptors (Lipinski definition) is 2. The Morgan fingerprint density at radius 1 is 1.00 bits per heavy atom. The Morgan fingerprint density at radius 3 is 2.32 bits per heavy atom. The number of methoxy groups -OCH3 is 1. The molecule has 0 aliphatic heterocycles. The Balaban J connectivity index is 1.94. The van der Waals surface area contributed by atoms with E-state index in [0.29, 0.717) is 0 Å². The number of benzene rings is 2. The van der Waals surface area contributed by atoms with Crippen LogP contribution >= 0.6 is 0 Å². The maximum atomic E-state index is 5.13. The Hall–Kier alpha value is -2.09. The lowest BCUT2D eigenvalue weighted by Gasteiger charge is -2.03. The summed E-state index contributed by atoms with van der Waals surface area (Å²) in [6, 6.07) is 18.3. The summed E-state index contributed by atoms with van der Waals surface area (Å²) in [6.07, 6.45) is 2.02. The zero-order valence-corrected chi connectivity index (χ0v) is 11.5. The van der Waals surface area contributed by atoms with Crippen molar-refractivity contribution in [2.75, 3.05) is 7.11 Å². The Kier molecular flexibility index (Phi) is 4.73. The van der Waals surface area contributed by atoms with Crippen LogP contribution in [-0.2, 0) is 6.42 Å². The highest BCUT2D eigenvalue weighted by Crippen LogP contribution is 2.18. The predicted molar refractivity (Wildman–Crippen MR) is 80.5 cm³/mol. The summed E-state index contributed by atoms with van der Waals surface area (Å²) in [5.74, 6) is 0.862. The first kappa shape index (κ1) is 13.3. The monoisotopic (exact) mass is 253 g/mol. The van der Waals surface area contributed by atoms with Crippen LogP contribution in [0.5, 0.6) is 5.75 Å². The summed E-state index contributed by atoms with van der Waals surface area (Å²) in [7, 11) is 1.67. The highest BCUT2D eigenvalue weighted by atomic mass is 16.5. The molecule has 0 N–H and O–H groups in total. The number of aryl methyl sites for hydroxylation is 1. The zero-order chi connectivity index (χ0) is 13.5. The lowest BCUT2D eigenvalue weighted by molar-refractivity contribution is 0.415. The van der Waals surface area contributed by atoms with Crippen LogP contribution in [0.2, 0.25) is 0 Å². The van der Waals surface area contributed by atoms with Crippen molar-refractivity contribution in [1.29, 1.82) is 0 Å². The Bertz CT molecular complexity index is 529. The van der Waals surface area contributed by atoms with Crippen molar-refractivity contribution >= 4 is 11.4 Å². The van der Waals surface area contributed by atoms with Gasteiger partial charge in [0.05, 0.1) is 12.8 Å². The maximum absolute atomic E-state index is 5.13. The molecular formula is C17H19NO. The van der Waals surface area contributed by atoms with E-state index in [2.05, 4.69) is 36.2 Å². The molecule has 2 heteroatoms. The normalized spacial score (nSPS) is 11.4. The van der Waals surface area contributed by atoms with Crippen molar-refractivity contribution in [2.24, 2.45) is 4.99 Å². The van der Waals surface area contributed by atoms with Crippen molar-refractivity contribution in [1.82, 2.24) is 0 Å². The van der Waals surface area contributed by atoms with E-state index in [-0.39, 0.29) is 0 Å². The number of hydrogen-bond donors (Lipinski definition) is 0. The summed E-state index contributed by atoms with van der Waals surface area (Å²) >= 11 is 0. The molecule has 0 amide bonds. The van der Waals surface area contributed by atoms with Crippen LogP contribution in [0.15, 0.2) is 59.6 Å². The molecule has 0 fully saturated rings. The van der Waals surface area contributed by atoms with Crippen molar-refractivity contribution in [3.63, 3.8) is 0 Å². The van der Waals surface area contributed by atoms with Crippen LogP contribution in [0.25, 0.3) is 0 Å². The minimum atomic E-state index is 0.862. The second-order valence-corrected chi connectivity index (χ2v) is 4.53. The predicted octanol–water partition coefficient (Wildman–Crippen LogP) is 4.42. The second kappa shape index (κ2) is 6.74. The summed E-state index contributed by atoms with van der Waals surface area (Å²) < 4.78 is 5.13. The van der Waals surface area contributed by atoms with Gasteiger partial charge in [0, 0.05) is 5.71 Å². The molecule has 2 nitrogen and oxygen atoms in total. The second-order valence-electron chi connectivity index (χ2n) is 4.53. The van der Waals surface area contributed by atoms with Crippen molar-refractivity contribution in [3.05, 3.63) is 60.2 Å². The average molecular weight is 253 g/mol. The largest absolute Gasteiger partial charge is 0.497 e. The third-order valence-electron chi connectivity index (χ3n) is 3.01. The maximum Gasteiger partial charge on any atom is 0.119 e. The fourth-order valence-corrected chi connectivity index (χ4v) is 1.90. The summed E-state index contributed by atoms with van der Waals surface area (Å²) in [5, 5.41) is 0. The van der Waals surface area contributed by atoms with E-state index in [1.54, 1.807) is 7.11 Å². The minimum absolute atomic E-state index is 0.862. The topological polar surface area (TPSA) is 21.6 Å². The first-order chi connectivity index (χ1) is 9.28. The van der Waals surface area contributed by atoms with E-state index in [9.17, 15) is 0 Å². The molecule has 19 heavy (non-hydrogen) atoms. The smallest absolute Gasteiger partial charge is 0.119 e. The molecule has 0 aliphatic rings. The first-order valence-corrected chi connectivity index (χ1v) is 6.50. The van der Waals surface area contributed by atoms with E-state index >= 15 is 0 Å². The van der Waals surface area contributed by atoms with Gasteiger partial charge >= 0.3 is 0 Å².